The Morgan fingerprint density at radius 1 is 0.872 bits per heavy atom. The maximum absolute atomic E-state index is 13.4. The van der Waals surface area contributed by atoms with Crippen LogP contribution in [0.15, 0.2) is 0 Å². The van der Waals surface area contributed by atoms with Gasteiger partial charge < -0.3 is 59.4 Å². The molecular formula is C33H58N2O12. The van der Waals surface area contributed by atoms with Gasteiger partial charge in [0.1, 0.15) is 48.8 Å². The second-order valence-corrected chi connectivity index (χ2v) is 14.1. The molecule has 2 saturated heterocycles. The van der Waals surface area contributed by atoms with E-state index in [1.54, 1.807) is 21.0 Å². The van der Waals surface area contributed by atoms with Gasteiger partial charge in [-0.15, -0.1) is 0 Å². The van der Waals surface area contributed by atoms with E-state index in [0.29, 0.717) is 19.3 Å². The molecule has 4 fully saturated rings. The largest absolute Gasteiger partial charge is 0.394 e. The highest BCUT2D eigenvalue weighted by molar-refractivity contribution is 5.80. The van der Waals surface area contributed by atoms with Gasteiger partial charge in [-0.2, -0.15) is 0 Å². The summed E-state index contributed by atoms with van der Waals surface area (Å²) in [6.45, 7) is 4.35. The predicted octanol–water partition coefficient (Wildman–Crippen LogP) is 0.190. The molecule has 4 rings (SSSR count). The molecule has 4 aliphatic rings. The van der Waals surface area contributed by atoms with E-state index in [0.717, 1.165) is 44.9 Å². The minimum absolute atomic E-state index is 0.0180. The summed E-state index contributed by atoms with van der Waals surface area (Å²) >= 11 is 0. The van der Waals surface area contributed by atoms with Gasteiger partial charge in [0, 0.05) is 21.0 Å². The number of nitrogens with one attached hydrogen (secondary N) is 1. The monoisotopic (exact) mass is 674 g/mol. The van der Waals surface area contributed by atoms with Crippen molar-refractivity contribution >= 4 is 11.8 Å². The smallest absolute Gasteiger partial charge is 0.251 e. The van der Waals surface area contributed by atoms with Crippen molar-refractivity contribution < 1.29 is 58.8 Å². The molecular weight excluding hydrogens is 616 g/mol. The van der Waals surface area contributed by atoms with Crippen LogP contribution in [0, 0.1) is 11.8 Å². The first-order valence-corrected chi connectivity index (χ1v) is 17.4. The Kier molecular flexibility index (Phi) is 14.2. The molecule has 14 heteroatoms. The third-order valence-electron chi connectivity index (χ3n) is 10.4. The van der Waals surface area contributed by atoms with E-state index in [9.17, 15) is 35.1 Å². The van der Waals surface area contributed by atoms with Crippen LogP contribution in [0.3, 0.4) is 0 Å². The summed E-state index contributed by atoms with van der Waals surface area (Å²) in [5.74, 6) is -0.426. The summed E-state index contributed by atoms with van der Waals surface area (Å²) in [7, 11) is 3.29. The van der Waals surface area contributed by atoms with E-state index in [1.165, 1.54) is 11.8 Å². The Balaban J connectivity index is 1.60. The summed E-state index contributed by atoms with van der Waals surface area (Å²) in [6, 6.07) is -1.05. The van der Waals surface area contributed by atoms with E-state index in [-0.39, 0.29) is 17.7 Å². The Hall–Kier alpha value is -1.46. The molecule has 0 aromatic carbocycles. The van der Waals surface area contributed by atoms with Crippen molar-refractivity contribution in [1.82, 2.24) is 10.2 Å². The van der Waals surface area contributed by atoms with E-state index >= 15 is 0 Å². The number of amides is 2. The van der Waals surface area contributed by atoms with Crippen molar-refractivity contribution in [2.75, 3.05) is 20.7 Å². The molecule has 0 aromatic heterocycles. The first kappa shape index (κ1) is 38.3. The fraction of sp³-hybridized carbons (Fsp3) is 0.939. The maximum Gasteiger partial charge on any atom is 0.251 e. The molecule has 2 aliphatic carbocycles. The number of ether oxygens (including phenoxy) is 5. The number of aliphatic hydroxyl groups is 5. The molecule has 14 atom stereocenters. The van der Waals surface area contributed by atoms with Crippen LogP contribution in [0.5, 0.6) is 0 Å². The number of rotatable bonds is 12. The lowest BCUT2D eigenvalue weighted by Gasteiger charge is -2.48. The minimum Gasteiger partial charge on any atom is -0.394 e. The standard InChI is InChI=1S/C33H58N2O12/c1-6-20-13-10-14-21(29(20)47-33-28(41)27(40)25(38)17(2)43-33)45-32-24(34-18(3)37)30(26(39)23(16-36)46-32)44-22(31(42)35(4)5)15-19-11-8-7-9-12-19/h17,19-30,32-33,36,38-41H,6-16H2,1-5H3,(H,34,37)/t17-,20?,21+,22-,23?,24?,25-,26-,27?,28-,29+,30?,32+,33?/m0/s1. The molecule has 2 aliphatic heterocycles. The summed E-state index contributed by atoms with van der Waals surface area (Å²) in [4.78, 5) is 27.4. The van der Waals surface area contributed by atoms with Gasteiger partial charge in [-0.05, 0) is 38.0 Å². The molecule has 2 heterocycles. The number of aliphatic hydroxyl groups excluding tert-OH is 5. The highest BCUT2D eigenvalue weighted by atomic mass is 16.7. The van der Waals surface area contributed by atoms with Gasteiger partial charge in [0.2, 0.25) is 5.91 Å². The number of likely N-dealkylation sites (N-methyl/N-ethyl adjacent to an activating group) is 1. The van der Waals surface area contributed by atoms with Crippen LogP contribution in [-0.4, -0.2) is 143 Å². The number of hydrogen-bond acceptors (Lipinski definition) is 12. The highest BCUT2D eigenvalue weighted by Crippen LogP contribution is 2.37. The highest BCUT2D eigenvalue weighted by Gasteiger charge is 2.51. The van der Waals surface area contributed by atoms with Gasteiger partial charge in [0.25, 0.3) is 5.91 Å². The molecule has 6 unspecified atom stereocenters. The molecule has 0 aromatic rings. The van der Waals surface area contributed by atoms with Crippen LogP contribution in [0.4, 0.5) is 0 Å². The van der Waals surface area contributed by atoms with Gasteiger partial charge in [0.05, 0.1) is 24.9 Å². The Bertz CT molecular complexity index is 999. The summed E-state index contributed by atoms with van der Waals surface area (Å²) in [5, 5.41) is 55.8. The average molecular weight is 675 g/mol. The fourth-order valence-corrected chi connectivity index (χ4v) is 7.60. The lowest BCUT2D eigenvalue weighted by molar-refractivity contribution is -0.337. The zero-order valence-electron chi connectivity index (χ0n) is 28.5. The maximum atomic E-state index is 13.4. The summed E-state index contributed by atoms with van der Waals surface area (Å²) < 4.78 is 31.2. The van der Waals surface area contributed by atoms with Crippen LogP contribution in [0.2, 0.25) is 0 Å². The Labute approximate surface area is 278 Å². The van der Waals surface area contributed by atoms with Crippen LogP contribution >= 0.6 is 0 Å². The first-order chi connectivity index (χ1) is 22.4. The third-order valence-corrected chi connectivity index (χ3v) is 10.4. The minimum atomic E-state index is -1.50. The molecule has 0 spiro atoms. The van der Waals surface area contributed by atoms with Gasteiger partial charge >= 0.3 is 0 Å². The fourth-order valence-electron chi connectivity index (χ4n) is 7.60. The van der Waals surface area contributed by atoms with Crippen molar-refractivity contribution in [3.8, 4) is 0 Å². The molecule has 47 heavy (non-hydrogen) atoms. The van der Waals surface area contributed by atoms with E-state index in [4.69, 9.17) is 23.7 Å². The molecule has 2 saturated carbocycles. The molecule has 2 amide bonds. The Morgan fingerprint density at radius 3 is 2.19 bits per heavy atom. The first-order valence-electron chi connectivity index (χ1n) is 17.4. The van der Waals surface area contributed by atoms with Crippen molar-refractivity contribution in [1.29, 1.82) is 0 Å². The number of nitrogens with zero attached hydrogens (tertiary/aromatic N) is 1. The average Bonchev–Trinajstić information content (AvgIpc) is 3.05. The van der Waals surface area contributed by atoms with E-state index in [1.807, 2.05) is 6.92 Å². The van der Waals surface area contributed by atoms with Crippen molar-refractivity contribution in [2.45, 2.75) is 165 Å². The summed E-state index contributed by atoms with van der Waals surface area (Å²) in [5.41, 5.74) is 0. The van der Waals surface area contributed by atoms with E-state index < -0.39 is 92.2 Å². The van der Waals surface area contributed by atoms with Gasteiger partial charge in [-0.1, -0.05) is 51.9 Å². The zero-order chi connectivity index (χ0) is 34.4. The van der Waals surface area contributed by atoms with Crippen LogP contribution in [0.25, 0.3) is 0 Å². The van der Waals surface area contributed by atoms with Crippen LogP contribution < -0.4 is 5.32 Å². The second-order valence-electron chi connectivity index (χ2n) is 14.1. The van der Waals surface area contributed by atoms with Gasteiger partial charge in [-0.25, -0.2) is 0 Å². The third kappa shape index (κ3) is 9.41. The van der Waals surface area contributed by atoms with Crippen molar-refractivity contribution in [2.24, 2.45) is 11.8 Å². The van der Waals surface area contributed by atoms with Crippen molar-refractivity contribution in [3.63, 3.8) is 0 Å². The second kappa shape index (κ2) is 17.5. The van der Waals surface area contributed by atoms with Gasteiger partial charge in [0.15, 0.2) is 12.6 Å². The molecule has 272 valence electrons. The SMILES string of the molecule is CCC1CCC[C@@H](O[C@@H]2OC(CO)[C@H](O)C(O[C@@H](CC3CCCCC3)C(=O)N(C)C)C2NC(C)=O)[C@@H]1OC1O[C@@H](C)[C@H](O)C(O)[C@@H]1O. The number of hydrogen-bond donors (Lipinski definition) is 6. The normalized spacial score (nSPS) is 40.9. The number of carbonyl (C=O) groups excluding carboxylic acids is 2. The van der Waals surface area contributed by atoms with Crippen LogP contribution in [-0.2, 0) is 33.3 Å². The number of carbonyl (C=O) groups is 2. The molecule has 0 radical (unpaired) electrons. The van der Waals surface area contributed by atoms with Gasteiger partial charge in [-0.3, -0.25) is 9.59 Å². The topological polar surface area (TPSA) is 197 Å². The lowest BCUT2D eigenvalue weighted by atomic mass is 9.82. The molecule has 14 nitrogen and oxygen atoms in total. The van der Waals surface area contributed by atoms with E-state index in [2.05, 4.69) is 5.32 Å². The summed E-state index contributed by atoms with van der Waals surface area (Å²) in [6.07, 6.45) is -4.73. The zero-order valence-corrected chi connectivity index (χ0v) is 28.5. The molecule has 0 bridgehead atoms. The van der Waals surface area contributed by atoms with Crippen LogP contribution in [0.1, 0.15) is 85.0 Å². The quantitative estimate of drug-likeness (QED) is 0.165. The lowest BCUT2D eigenvalue weighted by Crippen LogP contribution is -2.67. The molecule has 6 N–H and O–H groups in total. The Morgan fingerprint density at radius 2 is 1.57 bits per heavy atom. The van der Waals surface area contributed by atoms with Crippen molar-refractivity contribution in [3.05, 3.63) is 0 Å². The predicted molar refractivity (Wildman–Crippen MR) is 168 cm³/mol.